The lowest BCUT2D eigenvalue weighted by atomic mass is 10.2. The number of amides is 1. The molecule has 1 N–H and O–H groups in total. The topological polar surface area (TPSA) is 69.2 Å². The summed E-state index contributed by atoms with van der Waals surface area (Å²) in [6.45, 7) is 1.38. The second kappa shape index (κ2) is 6.48. The van der Waals surface area contributed by atoms with Crippen molar-refractivity contribution in [1.29, 1.82) is 0 Å². The van der Waals surface area contributed by atoms with E-state index in [1.54, 1.807) is 26.4 Å². The Labute approximate surface area is 106 Å². The van der Waals surface area contributed by atoms with Gasteiger partial charge >= 0.3 is 0 Å². The van der Waals surface area contributed by atoms with E-state index in [2.05, 4.69) is 10.5 Å². The molecule has 0 spiro atoms. The van der Waals surface area contributed by atoms with Crippen LogP contribution >= 0.6 is 0 Å². The maximum atomic E-state index is 10.7. The monoisotopic (exact) mass is 252 g/mol. The number of carbonyl (C=O) groups is 1. The van der Waals surface area contributed by atoms with E-state index in [1.807, 2.05) is 0 Å². The van der Waals surface area contributed by atoms with E-state index in [4.69, 9.17) is 14.2 Å². The summed E-state index contributed by atoms with van der Waals surface area (Å²) >= 11 is 0. The van der Waals surface area contributed by atoms with E-state index >= 15 is 0 Å². The molecule has 0 aromatic heterocycles. The van der Waals surface area contributed by atoms with E-state index < -0.39 is 0 Å². The highest BCUT2D eigenvalue weighted by molar-refractivity contribution is 5.86. The van der Waals surface area contributed by atoms with Gasteiger partial charge in [0, 0.05) is 18.6 Å². The van der Waals surface area contributed by atoms with Crippen molar-refractivity contribution in [1.82, 2.24) is 5.43 Å². The summed E-state index contributed by atoms with van der Waals surface area (Å²) in [5, 5.41) is 3.78. The van der Waals surface area contributed by atoms with Crippen molar-refractivity contribution in [3.63, 3.8) is 0 Å². The summed E-state index contributed by atoms with van der Waals surface area (Å²) in [5.41, 5.74) is 2.98. The first-order chi connectivity index (χ1) is 8.62. The fourth-order valence-corrected chi connectivity index (χ4v) is 1.35. The predicted molar refractivity (Wildman–Crippen MR) is 67.5 cm³/mol. The van der Waals surface area contributed by atoms with Gasteiger partial charge in [-0.25, -0.2) is 5.43 Å². The van der Waals surface area contributed by atoms with Crippen LogP contribution in [0.3, 0.4) is 0 Å². The number of hydrogen-bond donors (Lipinski definition) is 1. The number of benzene rings is 1. The first-order valence-electron chi connectivity index (χ1n) is 5.22. The van der Waals surface area contributed by atoms with Crippen molar-refractivity contribution in [2.45, 2.75) is 6.92 Å². The van der Waals surface area contributed by atoms with Gasteiger partial charge in [0.25, 0.3) is 0 Å². The molecule has 18 heavy (non-hydrogen) atoms. The summed E-state index contributed by atoms with van der Waals surface area (Å²) < 4.78 is 15.5. The number of methoxy groups -OCH3 is 3. The van der Waals surface area contributed by atoms with Crippen molar-refractivity contribution < 1.29 is 19.0 Å². The van der Waals surface area contributed by atoms with Gasteiger partial charge < -0.3 is 14.2 Å². The molecule has 1 rings (SSSR count). The Bertz CT molecular complexity index is 458. The highest BCUT2D eigenvalue weighted by Gasteiger charge is 2.10. The second-order valence-corrected chi connectivity index (χ2v) is 3.38. The number of rotatable bonds is 5. The number of hydrogen-bond acceptors (Lipinski definition) is 5. The fourth-order valence-electron chi connectivity index (χ4n) is 1.35. The summed E-state index contributed by atoms with van der Waals surface area (Å²) in [7, 11) is 4.62. The van der Waals surface area contributed by atoms with E-state index in [-0.39, 0.29) is 5.91 Å². The van der Waals surface area contributed by atoms with E-state index in [9.17, 15) is 4.79 Å². The van der Waals surface area contributed by atoms with Gasteiger partial charge in [-0.2, -0.15) is 5.10 Å². The third-order valence-corrected chi connectivity index (χ3v) is 2.16. The second-order valence-electron chi connectivity index (χ2n) is 3.38. The van der Waals surface area contributed by atoms with Crippen molar-refractivity contribution in [2.24, 2.45) is 5.10 Å². The minimum absolute atomic E-state index is 0.245. The molecule has 0 atom stereocenters. The van der Waals surface area contributed by atoms with Crippen LogP contribution in [0.2, 0.25) is 0 Å². The third-order valence-electron chi connectivity index (χ3n) is 2.16. The lowest BCUT2D eigenvalue weighted by Gasteiger charge is -2.11. The molecular weight excluding hydrogens is 236 g/mol. The minimum atomic E-state index is -0.245. The fraction of sp³-hybridized carbons (Fsp3) is 0.333. The van der Waals surface area contributed by atoms with Gasteiger partial charge in [0.15, 0.2) is 11.5 Å². The predicted octanol–water partition coefficient (Wildman–Crippen LogP) is 1.18. The molecule has 0 radical (unpaired) electrons. The molecule has 0 bridgehead atoms. The van der Waals surface area contributed by atoms with Crippen LogP contribution in [-0.2, 0) is 4.79 Å². The molecule has 1 aromatic rings. The van der Waals surface area contributed by atoms with Crippen LogP contribution in [0.4, 0.5) is 0 Å². The molecule has 6 nitrogen and oxygen atoms in total. The van der Waals surface area contributed by atoms with E-state index in [1.165, 1.54) is 20.2 Å². The maximum absolute atomic E-state index is 10.7. The lowest BCUT2D eigenvalue weighted by molar-refractivity contribution is -0.118. The van der Waals surface area contributed by atoms with Gasteiger partial charge in [0.2, 0.25) is 5.91 Å². The van der Waals surface area contributed by atoms with Crippen molar-refractivity contribution in [2.75, 3.05) is 21.3 Å². The number of hydrazone groups is 1. The van der Waals surface area contributed by atoms with Gasteiger partial charge in [0.05, 0.1) is 27.5 Å². The van der Waals surface area contributed by atoms with E-state index in [0.717, 1.165) is 0 Å². The van der Waals surface area contributed by atoms with Crippen LogP contribution < -0.4 is 19.6 Å². The van der Waals surface area contributed by atoms with Crippen LogP contribution in [0.15, 0.2) is 17.2 Å². The Kier molecular flexibility index (Phi) is 4.98. The Hall–Kier alpha value is -2.24. The van der Waals surface area contributed by atoms with Gasteiger partial charge in [0.1, 0.15) is 5.75 Å². The average molecular weight is 252 g/mol. The van der Waals surface area contributed by atoms with Gasteiger partial charge in [-0.3, -0.25) is 4.79 Å². The number of nitrogens with one attached hydrogen (secondary N) is 1. The quantitative estimate of drug-likeness (QED) is 0.631. The van der Waals surface area contributed by atoms with Crippen LogP contribution in [0.25, 0.3) is 0 Å². The summed E-state index contributed by atoms with van der Waals surface area (Å²) in [6.07, 6.45) is 1.47. The molecular formula is C12H16N2O4. The molecule has 1 aromatic carbocycles. The highest BCUT2D eigenvalue weighted by Crippen LogP contribution is 2.33. The summed E-state index contributed by atoms with van der Waals surface area (Å²) in [6, 6.07) is 3.40. The van der Waals surface area contributed by atoms with Gasteiger partial charge in [-0.15, -0.1) is 0 Å². The SMILES string of the molecule is COc1cc(OC)c(OC)cc1C=NNC(C)=O. The van der Waals surface area contributed by atoms with Crippen LogP contribution in [0, 0.1) is 0 Å². The van der Waals surface area contributed by atoms with Crippen LogP contribution in [0.1, 0.15) is 12.5 Å². The molecule has 0 fully saturated rings. The Morgan fingerprint density at radius 3 is 2.17 bits per heavy atom. The minimum Gasteiger partial charge on any atom is -0.496 e. The zero-order valence-corrected chi connectivity index (χ0v) is 10.8. The molecule has 0 saturated carbocycles. The smallest absolute Gasteiger partial charge is 0.236 e. The number of ether oxygens (including phenoxy) is 3. The number of nitrogens with zero attached hydrogens (tertiary/aromatic N) is 1. The van der Waals surface area contributed by atoms with Gasteiger partial charge in [-0.1, -0.05) is 0 Å². The Morgan fingerprint density at radius 2 is 1.67 bits per heavy atom. The summed E-state index contributed by atoms with van der Waals surface area (Å²) in [4.78, 5) is 10.7. The maximum Gasteiger partial charge on any atom is 0.236 e. The molecule has 98 valence electrons. The first kappa shape index (κ1) is 13.8. The Morgan fingerprint density at radius 1 is 1.11 bits per heavy atom. The number of carbonyl (C=O) groups excluding carboxylic acids is 1. The van der Waals surface area contributed by atoms with Crippen molar-refractivity contribution >= 4 is 12.1 Å². The third kappa shape index (κ3) is 3.38. The normalized spacial score (nSPS) is 10.2. The zero-order chi connectivity index (χ0) is 13.5. The van der Waals surface area contributed by atoms with Crippen molar-refractivity contribution in [3.8, 4) is 17.2 Å². The zero-order valence-electron chi connectivity index (χ0n) is 10.8. The lowest BCUT2D eigenvalue weighted by Crippen LogP contribution is -2.12. The molecule has 0 saturated heterocycles. The molecule has 0 unspecified atom stereocenters. The highest BCUT2D eigenvalue weighted by atomic mass is 16.5. The molecule has 1 amide bonds. The molecule has 0 aliphatic rings. The molecule has 0 aliphatic carbocycles. The van der Waals surface area contributed by atoms with E-state index in [0.29, 0.717) is 22.8 Å². The average Bonchev–Trinajstić information content (AvgIpc) is 2.37. The van der Waals surface area contributed by atoms with Crippen LogP contribution in [-0.4, -0.2) is 33.5 Å². The summed E-state index contributed by atoms with van der Waals surface area (Å²) in [5.74, 6) is 1.45. The van der Waals surface area contributed by atoms with Gasteiger partial charge in [-0.05, 0) is 6.07 Å². The Balaban J connectivity index is 3.09. The van der Waals surface area contributed by atoms with Crippen molar-refractivity contribution in [3.05, 3.63) is 17.7 Å². The molecule has 0 heterocycles. The van der Waals surface area contributed by atoms with Crippen LogP contribution in [0.5, 0.6) is 17.2 Å². The first-order valence-corrected chi connectivity index (χ1v) is 5.22. The molecule has 0 aliphatic heterocycles. The standard InChI is InChI=1S/C12H16N2O4/c1-8(15)14-13-7-9-5-11(17-3)12(18-4)6-10(9)16-2/h5-7H,1-4H3,(H,14,15). The molecule has 6 heteroatoms. The largest absolute Gasteiger partial charge is 0.496 e.